The molecule has 7 nitrogen and oxygen atoms in total. The molecule has 0 spiro atoms. The maximum absolute atomic E-state index is 13.1. The van der Waals surface area contributed by atoms with E-state index in [1.165, 1.54) is 12.1 Å². The molecule has 10 heteroatoms. The van der Waals surface area contributed by atoms with Crippen molar-refractivity contribution in [1.82, 2.24) is 25.1 Å². The molecule has 0 aliphatic heterocycles. The Hall–Kier alpha value is -3.33. The SMILES string of the molecule is CCCN(Cc1nnc(-c2ccccc2Cl)o1)C(=O)c1ccc2nc(C(F)F)[nH]c2c1. The maximum Gasteiger partial charge on any atom is 0.295 e. The number of nitrogens with one attached hydrogen (secondary N) is 1. The second-order valence-corrected chi connectivity index (χ2v) is 7.27. The molecule has 2 heterocycles. The Bertz CT molecular complexity index is 1220. The van der Waals surface area contributed by atoms with Gasteiger partial charge in [-0.3, -0.25) is 4.79 Å². The molecule has 1 N–H and O–H groups in total. The highest BCUT2D eigenvalue weighted by Gasteiger charge is 2.21. The van der Waals surface area contributed by atoms with Gasteiger partial charge >= 0.3 is 0 Å². The van der Waals surface area contributed by atoms with Gasteiger partial charge in [-0.25, -0.2) is 13.8 Å². The Morgan fingerprint density at radius 1 is 1.23 bits per heavy atom. The van der Waals surface area contributed by atoms with Crippen LogP contribution < -0.4 is 0 Å². The van der Waals surface area contributed by atoms with E-state index in [1.54, 1.807) is 29.2 Å². The number of benzene rings is 2. The van der Waals surface area contributed by atoms with Crippen LogP contribution in [0.1, 0.15) is 41.8 Å². The van der Waals surface area contributed by atoms with Crippen molar-refractivity contribution in [3.8, 4) is 11.5 Å². The third kappa shape index (κ3) is 4.41. The molecule has 0 saturated carbocycles. The summed E-state index contributed by atoms with van der Waals surface area (Å²) in [6.45, 7) is 2.50. The zero-order chi connectivity index (χ0) is 22.0. The van der Waals surface area contributed by atoms with Crippen LogP contribution in [0.15, 0.2) is 46.9 Å². The van der Waals surface area contributed by atoms with Crippen LogP contribution in [-0.4, -0.2) is 37.5 Å². The number of H-pyrrole nitrogens is 1. The number of aromatic amines is 1. The van der Waals surface area contributed by atoms with Crippen molar-refractivity contribution < 1.29 is 18.0 Å². The van der Waals surface area contributed by atoms with Crippen LogP contribution >= 0.6 is 11.6 Å². The van der Waals surface area contributed by atoms with E-state index in [4.69, 9.17) is 16.0 Å². The average molecular weight is 446 g/mol. The summed E-state index contributed by atoms with van der Waals surface area (Å²) in [5.74, 6) is -0.181. The molecule has 0 aliphatic rings. The molecule has 0 fully saturated rings. The molecule has 0 aliphatic carbocycles. The number of halogens is 3. The third-order valence-electron chi connectivity index (χ3n) is 4.63. The predicted octanol–water partition coefficient (Wildman–Crippen LogP) is 5.26. The van der Waals surface area contributed by atoms with Gasteiger partial charge in [-0.15, -0.1) is 10.2 Å². The Labute approximate surface area is 181 Å². The third-order valence-corrected chi connectivity index (χ3v) is 4.96. The molecule has 0 saturated heterocycles. The molecule has 4 rings (SSSR count). The highest BCUT2D eigenvalue weighted by atomic mass is 35.5. The van der Waals surface area contributed by atoms with E-state index in [0.717, 1.165) is 0 Å². The summed E-state index contributed by atoms with van der Waals surface area (Å²) < 4.78 is 31.5. The van der Waals surface area contributed by atoms with Crippen LogP contribution in [0, 0.1) is 0 Å². The number of hydrogen-bond donors (Lipinski definition) is 1. The van der Waals surface area contributed by atoms with Gasteiger partial charge in [0.25, 0.3) is 12.3 Å². The fourth-order valence-electron chi connectivity index (χ4n) is 3.19. The summed E-state index contributed by atoms with van der Waals surface area (Å²) in [6.07, 6.45) is -2.01. The summed E-state index contributed by atoms with van der Waals surface area (Å²) in [5.41, 5.74) is 1.69. The van der Waals surface area contributed by atoms with Gasteiger partial charge in [0.1, 0.15) is 0 Å². The van der Waals surface area contributed by atoms with Gasteiger partial charge in [-0.2, -0.15) is 0 Å². The smallest absolute Gasteiger partial charge is 0.295 e. The Morgan fingerprint density at radius 2 is 2.03 bits per heavy atom. The number of fused-ring (bicyclic) bond motifs is 1. The summed E-state index contributed by atoms with van der Waals surface area (Å²) in [4.78, 5) is 21.0. The van der Waals surface area contributed by atoms with Crippen LogP contribution in [-0.2, 0) is 6.54 Å². The number of imidazole rings is 1. The van der Waals surface area contributed by atoms with Gasteiger partial charge in [0.2, 0.25) is 11.8 Å². The molecule has 31 heavy (non-hydrogen) atoms. The molecule has 0 radical (unpaired) electrons. The van der Waals surface area contributed by atoms with Gasteiger partial charge in [-0.1, -0.05) is 30.7 Å². The van der Waals surface area contributed by atoms with Gasteiger partial charge in [-0.05, 0) is 36.8 Å². The number of carbonyl (C=O) groups is 1. The fourth-order valence-corrected chi connectivity index (χ4v) is 3.41. The van der Waals surface area contributed by atoms with Crippen molar-refractivity contribution in [3.63, 3.8) is 0 Å². The van der Waals surface area contributed by atoms with Crippen LogP contribution in [0.5, 0.6) is 0 Å². The lowest BCUT2D eigenvalue weighted by atomic mass is 10.1. The van der Waals surface area contributed by atoms with E-state index in [0.29, 0.717) is 40.1 Å². The van der Waals surface area contributed by atoms with Crippen LogP contribution in [0.2, 0.25) is 5.02 Å². The van der Waals surface area contributed by atoms with Crippen LogP contribution in [0.3, 0.4) is 0 Å². The second kappa shape index (κ2) is 8.81. The van der Waals surface area contributed by atoms with Gasteiger partial charge < -0.3 is 14.3 Å². The Balaban J connectivity index is 1.57. The Morgan fingerprint density at radius 3 is 2.77 bits per heavy atom. The maximum atomic E-state index is 13.1. The molecule has 1 amide bonds. The molecule has 0 atom stereocenters. The first-order valence-corrected chi connectivity index (χ1v) is 9.98. The van der Waals surface area contributed by atoms with Crippen molar-refractivity contribution >= 4 is 28.5 Å². The van der Waals surface area contributed by atoms with Gasteiger partial charge in [0.15, 0.2) is 5.82 Å². The molecule has 4 aromatic rings. The number of hydrogen-bond acceptors (Lipinski definition) is 5. The molecular weight excluding hydrogens is 428 g/mol. The zero-order valence-electron chi connectivity index (χ0n) is 16.5. The topological polar surface area (TPSA) is 87.9 Å². The van der Waals surface area contributed by atoms with E-state index in [9.17, 15) is 13.6 Å². The van der Waals surface area contributed by atoms with Crippen molar-refractivity contribution in [2.24, 2.45) is 0 Å². The number of amides is 1. The first kappa shape index (κ1) is 20.9. The number of alkyl halides is 2. The van der Waals surface area contributed by atoms with Crippen molar-refractivity contribution in [2.45, 2.75) is 26.3 Å². The monoisotopic (exact) mass is 445 g/mol. The minimum atomic E-state index is -2.71. The first-order valence-electron chi connectivity index (χ1n) is 9.60. The van der Waals surface area contributed by atoms with E-state index >= 15 is 0 Å². The van der Waals surface area contributed by atoms with Crippen molar-refractivity contribution in [1.29, 1.82) is 0 Å². The predicted molar refractivity (Wildman–Crippen MR) is 111 cm³/mol. The minimum absolute atomic E-state index is 0.105. The molecule has 0 unspecified atom stereocenters. The van der Waals surface area contributed by atoms with Crippen molar-refractivity contribution in [3.05, 3.63) is 64.8 Å². The lowest BCUT2D eigenvalue weighted by molar-refractivity contribution is 0.0729. The van der Waals surface area contributed by atoms with Crippen molar-refractivity contribution in [2.75, 3.05) is 6.54 Å². The lowest BCUT2D eigenvalue weighted by Crippen LogP contribution is -2.31. The molecule has 2 aromatic carbocycles. The van der Waals surface area contributed by atoms with E-state index in [2.05, 4.69) is 20.2 Å². The summed E-state index contributed by atoms with van der Waals surface area (Å²) in [5, 5.41) is 8.55. The van der Waals surface area contributed by atoms with Gasteiger partial charge in [0.05, 0.1) is 28.2 Å². The fraction of sp³-hybridized carbons (Fsp3) is 0.238. The van der Waals surface area contributed by atoms with Crippen LogP contribution in [0.4, 0.5) is 8.78 Å². The average Bonchev–Trinajstić information content (AvgIpc) is 3.40. The molecule has 0 bridgehead atoms. The molecular formula is C21H18ClF2N5O2. The number of carbonyl (C=O) groups excluding carboxylic acids is 1. The molecule has 160 valence electrons. The second-order valence-electron chi connectivity index (χ2n) is 6.86. The summed E-state index contributed by atoms with van der Waals surface area (Å²) in [7, 11) is 0. The highest BCUT2D eigenvalue weighted by Crippen LogP contribution is 2.27. The van der Waals surface area contributed by atoms with E-state index in [1.807, 2.05) is 13.0 Å². The number of rotatable bonds is 7. The number of aromatic nitrogens is 4. The number of nitrogens with zero attached hydrogens (tertiary/aromatic N) is 4. The highest BCUT2D eigenvalue weighted by molar-refractivity contribution is 6.33. The standard InChI is InChI=1S/C21H18ClF2N5O2/c1-2-9-29(11-17-27-28-20(31-17)13-5-3-4-6-14(13)22)21(30)12-7-8-15-16(10-12)26-19(25-15)18(23)24/h3-8,10,18H,2,9,11H2,1H3,(H,25,26). The normalized spacial score (nSPS) is 11.4. The summed E-state index contributed by atoms with van der Waals surface area (Å²) in [6, 6.07) is 11.7. The van der Waals surface area contributed by atoms with E-state index in [-0.39, 0.29) is 24.2 Å². The Kier molecular flexibility index (Phi) is 5.94. The van der Waals surface area contributed by atoms with Crippen LogP contribution in [0.25, 0.3) is 22.5 Å². The summed E-state index contributed by atoms with van der Waals surface area (Å²) >= 11 is 6.18. The lowest BCUT2D eigenvalue weighted by Gasteiger charge is -2.20. The first-order chi connectivity index (χ1) is 15.0. The zero-order valence-corrected chi connectivity index (χ0v) is 17.2. The minimum Gasteiger partial charge on any atom is -0.419 e. The quantitative estimate of drug-likeness (QED) is 0.419. The van der Waals surface area contributed by atoms with E-state index < -0.39 is 12.2 Å². The molecule has 2 aromatic heterocycles. The van der Waals surface area contributed by atoms with Gasteiger partial charge in [0, 0.05) is 12.1 Å². The largest absolute Gasteiger partial charge is 0.419 e.